The monoisotopic (exact) mass is 461 g/mol. The second-order valence-corrected chi connectivity index (χ2v) is 8.83. The number of aryl methyl sites for hydroxylation is 1. The lowest BCUT2D eigenvalue weighted by Gasteiger charge is -2.11. The number of anilines is 1. The van der Waals surface area contributed by atoms with Crippen molar-refractivity contribution in [1.29, 1.82) is 0 Å². The van der Waals surface area contributed by atoms with Gasteiger partial charge in [0, 0.05) is 18.5 Å². The summed E-state index contributed by atoms with van der Waals surface area (Å²) < 4.78 is 5.19. The molecule has 0 unspecified atom stereocenters. The summed E-state index contributed by atoms with van der Waals surface area (Å²) in [6, 6.07) is 14.5. The average molecular weight is 462 g/mol. The van der Waals surface area contributed by atoms with E-state index < -0.39 is 0 Å². The van der Waals surface area contributed by atoms with E-state index in [-0.39, 0.29) is 5.91 Å². The number of nitrogens with one attached hydrogen (secondary N) is 2. The van der Waals surface area contributed by atoms with Crippen LogP contribution >= 0.6 is 0 Å². The van der Waals surface area contributed by atoms with Gasteiger partial charge in [0.1, 0.15) is 5.69 Å². The topological polar surface area (TPSA) is 126 Å². The Bertz CT molecular complexity index is 1410. The highest BCUT2D eigenvalue weighted by Crippen LogP contribution is 2.27. The minimum Gasteiger partial charge on any atom is -0.692 e. The number of carbonyl (C=O) groups excluding carboxylic acids is 1. The molecule has 1 aliphatic carbocycles. The van der Waals surface area contributed by atoms with Gasteiger partial charge >= 0.3 is 0 Å². The molecule has 34 heavy (non-hydrogen) atoms. The summed E-state index contributed by atoms with van der Waals surface area (Å²) in [6.07, 6.45) is 2.78. The van der Waals surface area contributed by atoms with Crippen molar-refractivity contribution in [3.8, 4) is 17.1 Å². The summed E-state index contributed by atoms with van der Waals surface area (Å²) in [5.41, 5.74) is 4.01. The molecule has 0 saturated carbocycles. The van der Waals surface area contributed by atoms with Crippen LogP contribution in [0.5, 0.6) is 0 Å². The van der Waals surface area contributed by atoms with Crippen LogP contribution in [0.1, 0.15) is 47.6 Å². The molecular weight excluding hydrogens is 436 g/mol. The molecule has 10 nitrogen and oxygen atoms in total. The van der Waals surface area contributed by atoms with E-state index in [1.165, 1.54) is 5.56 Å². The fourth-order valence-corrected chi connectivity index (χ4v) is 4.14. The van der Waals surface area contributed by atoms with E-state index in [9.17, 15) is 14.9 Å². The third-order valence-electron chi connectivity index (χ3n) is 6.03. The molecule has 10 heteroatoms. The van der Waals surface area contributed by atoms with Gasteiger partial charge in [-0.3, -0.25) is 4.79 Å². The molecule has 2 aromatic carbocycles. The summed E-state index contributed by atoms with van der Waals surface area (Å²) in [4.78, 5) is 26.7. The van der Waals surface area contributed by atoms with Gasteiger partial charge in [-0.2, -0.15) is 0 Å². The summed E-state index contributed by atoms with van der Waals surface area (Å²) >= 11 is 0. The molecule has 0 bridgehead atoms. The lowest BCUT2D eigenvalue weighted by Crippen LogP contribution is -2.41. The highest BCUT2D eigenvalue weighted by molar-refractivity contribution is 6.06. The number of rotatable bonds is 6. The number of amides is 1. The van der Waals surface area contributed by atoms with Crippen molar-refractivity contribution in [2.24, 2.45) is 5.92 Å². The fraction of sp³-hybridized carbons (Fsp3) is 0.292. The van der Waals surface area contributed by atoms with Crippen molar-refractivity contribution >= 4 is 11.6 Å². The predicted molar refractivity (Wildman–Crippen MR) is 123 cm³/mol. The number of carbonyl (C=O) groups is 1. The number of hydrogen-bond donors (Lipinski definition) is 2. The third-order valence-corrected chi connectivity index (χ3v) is 6.03. The van der Waals surface area contributed by atoms with Crippen LogP contribution < -0.4 is 14.8 Å². The number of hydrogen-bond acceptors (Lipinski definition) is 5. The van der Waals surface area contributed by atoms with E-state index in [4.69, 9.17) is 4.63 Å². The molecule has 4 aromatic rings. The van der Waals surface area contributed by atoms with Crippen LogP contribution in [0.3, 0.4) is 0 Å². The smallest absolute Gasteiger partial charge is 0.300 e. The number of nitrogens with zero attached hydrogens (tertiary/aromatic N) is 4. The number of para-hydroxylation sites is 1. The van der Waals surface area contributed by atoms with Gasteiger partial charge in [-0.15, -0.1) is 4.85 Å². The normalized spacial score (nSPS) is 12.4. The van der Waals surface area contributed by atoms with Crippen molar-refractivity contribution < 1.29 is 18.9 Å². The van der Waals surface area contributed by atoms with Crippen LogP contribution in [0, 0.1) is 16.0 Å². The number of aromatic nitrogens is 5. The van der Waals surface area contributed by atoms with Gasteiger partial charge in [-0.05, 0) is 58.3 Å². The van der Waals surface area contributed by atoms with Crippen LogP contribution in [0.15, 0.2) is 53.2 Å². The zero-order valence-corrected chi connectivity index (χ0v) is 18.9. The van der Waals surface area contributed by atoms with E-state index in [0.29, 0.717) is 67.9 Å². The molecule has 174 valence electrons. The molecule has 0 spiro atoms. The van der Waals surface area contributed by atoms with Crippen molar-refractivity contribution in [3.05, 3.63) is 81.2 Å². The number of fused-ring (bicyclic) bond motifs is 3. The predicted octanol–water partition coefficient (Wildman–Crippen LogP) is 2.95. The van der Waals surface area contributed by atoms with E-state index >= 15 is 0 Å². The summed E-state index contributed by atoms with van der Waals surface area (Å²) in [7, 11) is 0. The van der Waals surface area contributed by atoms with Crippen LogP contribution in [0.25, 0.3) is 17.1 Å². The molecule has 1 amide bonds. The molecule has 0 atom stereocenters. The lowest BCUT2D eigenvalue weighted by atomic mass is 10.0. The zero-order chi connectivity index (χ0) is 23.8. The van der Waals surface area contributed by atoms with Gasteiger partial charge in [-0.25, -0.2) is 0 Å². The first-order chi connectivity index (χ1) is 16.4. The van der Waals surface area contributed by atoms with Gasteiger partial charge < -0.3 is 10.5 Å². The van der Waals surface area contributed by atoms with Crippen LogP contribution in [-0.2, 0) is 19.3 Å². The van der Waals surface area contributed by atoms with E-state index in [1.807, 2.05) is 24.3 Å². The molecule has 2 heterocycles. The molecule has 0 saturated heterocycles. The maximum absolute atomic E-state index is 13.1. The molecule has 2 aromatic heterocycles. The first-order valence-corrected chi connectivity index (χ1v) is 11.3. The standard InChI is InChI=1S/C24H24N6O4/c1-15(2)7-8-16-9-11-17(12-10-16)25-24(31)18-5-3-4-6-19(18)28-26-22-20(29(28)32)13-14-21-23(22)27-34-30(21)33/h3-6,9-12,15H,7-8,13-14H2,1-2H3,(H-,25,27,31,33)/p+1. The first kappa shape index (κ1) is 21.6. The number of benzene rings is 2. The molecule has 0 fully saturated rings. The largest absolute Gasteiger partial charge is 0.692 e. The van der Waals surface area contributed by atoms with E-state index in [0.717, 1.165) is 17.6 Å². The minimum atomic E-state index is -0.355. The summed E-state index contributed by atoms with van der Waals surface area (Å²) in [5, 5.41) is 22.9. The molecule has 2 N–H and O–H groups in total. The average Bonchev–Trinajstić information content (AvgIpc) is 3.38. The Labute approximate surface area is 194 Å². The maximum Gasteiger partial charge on any atom is 0.300 e. The SMILES string of the molecule is CC(C)CCc1ccc(NC(=O)c2ccccc2-n2nc3c([n+]2[O-])CCc2c-3[nH]o[n+]2=O)cc1. The molecule has 5 rings (SSSR count). The van der Waals surface area contributed by atoms with Gasteiger partial charge in [0.05, 0.1) is 10.7 Å². The fourth-order valence-electron chi connectivity index (χ4n) is 4.14. The third kappa shape index (κ3) is 3.87. The molecule has 1 aliphatic rings. The first-order valence-electron chi connectivity index (χ1n) is 11.3. The Hall–Kier alpha value is -4.21. The maximum atomic E-state index is 13.1. The molecule has 0 radical (unpaired) electrons. The summed E-state index contributed by atoms with van der Waals surface area (Å²) in [5.74, 6) is 0.277. The summed E-state index contributed by atoms with van der Waals surface area (Å²) in [6.45, 7) is 4.39. The Kier molecular flexibility index (Phi) is 5.48. The Balaban J connectivity index is 1.43. The van der Waals surface area contributed by atoms with Crippen LogP contribution in [0.2, 0.25) is 0 Å². The molecular formula is C24H25N6O4+. The van der Waals surface area contributed by atoms with Crippen molar-refractivity contribution in [2.45, 2.75) is 39.5 Å². The van der Waals surface area contributed by atoms with Crippen molar-refractivity contribution in [2.75, 3.05) is 5.32 Å². The highest BCUT2D eigenvalue weighted by atomic mass is 16.7. The van der Waals surface area contributed by atoms with Gasteiger partial charge in [-0.1, -0.05) is 47.9 Å². The minimum absolute atomic E-state index is 0.297. The lowest BCUT2D eigenvalue weighted by molar-refractivity contribution is -0.719. The van der Waals surface area contributed by atoms with Gasteiger partial charge in [0.2, 0.25) is 0 Å². The quantitative estimate of drug-likeness (QED) is 0.337. The van der Waals surface area contributed by atoms with Crippen LogP contribution in [0.4, 0.5) is 5.69 Å². The van der Waals surface area contributed by atoms with Crippen molar-refractivity contribution in [3.63, 3.8) is 0 Å². The van der Waals surface area contributed by atoms with Gasteiger partial charge in [0.25, 0.3) is 23.0 Å². The molecule has 0 aliphatic heterocycles. The Morgan fingerprint density at radius 2 is 1.91 bits per heavy atom. The van der Waals surface area contributed by atoms with Gasteiger partial charge in [0.15, 0.2) is 10.3 Å². The zero-order valence-electron chi connectivity index (χ0n) is 18.9. The Morgan fingerprint density at radius 3 is 2.68 bits per heavy atom. The number of H-pyrrole nitrogens is 1. The number of aromatic amines is 1. The van der Waals surface area contributed by atoms with E-state index in [2.05, 4.69) is 29.4 Å². The highest BCUT2D eigenvalue weighted by Gasteiger charge is 2.39. The Morgan fingerprint density at radius 1 is 1.18 bits per heavy atom. The second-order valence-electron chi connectivity index (χ2n) is 8.83. The van der Waals surface area contributed by atoms with E-state index in [1.54, 1.807) is 24.3 Å². The second kappa shape index (κ2) is 8.62. The van der Waals surface area contributed by atoms with Crippen molar-refractivity contribution in [1.82, 2.24) is 15.1 Å². The van der Waals surface area contributed by atoms with Crippen LogP contribution in [-0.4, -0.2) is 21.0 Å².